The summed E-state index contributed by atoms with van der Waals surface area (Å²) in [6, 6.07) is 14.4. The van der Waals surface area contributed by atoms with Crippen molar-refractivity contribution in [3.8, 4) is 11.4 Å². The molecule has 1 amide bonds. The van der Waals surface area contributed by atoms with Crippen LogP contribution in [0.15, 0.2) is 47.5 Å². The number of aryl methyl sites for hydroxylation is 2. The molecule has 0 saturated carbocycles. The lowest BCUT2D eigenvalue weighted by Gasteiger charge is -2.10. The zero-order valence-electron chi connectivity index (χ0n) is 16.5. The number of benzene rings is 2. The number of hydrogen-bond acceptors (Lipinski definition) is 5. The molecule has 0 saturated heterocycles. The van der Waals surface area contributed by atoms with Crippen molar-refractivity contribution in [3.63, 3.8) is 0 Å². The zero-order chi connectivity index (χ0) is 19.9. The second kappa shape index (κ2) is 9.66. The summed E-state index contributed by atoms with van der Waals surface area (Å²) in [7, 11) is 1.62. The van der Waals surface area contributed by atoms with Gasteiger partial charge in [0.2, 0.25) is 5.91 Å². The Morgan fingerprint density at radius 3 is 2.79 bits per heavy atom. The summed E-state index contributed by atoms with van der Waals surface area (Å²) in [6.45, 7) is 5.19. The van der Waals surface area contributed by atoms with Crippen molar-refractivity contribution in [1.82, 2.24) is 15.3 Å². The molecule has 0 aliphatic carbocycles. The predicted molar refractivity (Wildman–Crippen MR) is 115 cm³/mol. The molecule has 0 radical (unpaired) electrons. The first-order chi connectivity index (χ1) is 13.6. The number of nitrogens with zero attached hydrogens (tertiary/aromatic N) is 2. The first-order valence-electron chi connectivity index (χ1n) is 9.37. The number of ether oxygens (including phenoxy) is 1. The molecule has 2 aromatic carbocycles. The predicted octanol–water partition coefficient (Wildman–Crippen LogP) is 4.02. The molecular formula is C22H25N3O2S. The van der Waals surface area contributed by atoms with Crippen molar-refractivity contribution in [3.05, 3.63) is 53.6 Å². The maximum atomic E-state index is 12.1. The van der Waals surface area contributed by atoms with Gasteiger partial charge in [-0.1, -0.05) is 48.5 Å². The maximum Gasteiger partial charge on any atom is 0.230 e. The van der Waals surface area contributed by atoms with Crippen LogP contribution in [0.2, 0.25) is 0 Å². The van der Waals surface area contributed by atoms with Gasteiger partial charge in [-0.2, -0.15) is 0 Å². The molecule has 0 aliphatic heterocycles. The SMILES string of the molecule is CCc1ccc2nc(-c3cccc(C)c3)nc(SCC(=O)NCCOC)c2c1. The molecule has 1 N–H and O–H groups in total. The van der Waals surface area contributed by atoms with E-state index in [0.29, 0.717) is 24.7 Å². The van der Waals surface area contributed by atoms with Gasteiger partial charge in [0.1, 0.15) is 5.03 Å². The second-order valence-electron chi connectivity index (χ2n) is 6.56. The van der Waals surface area contributed by atoms with Gasteiger partial charge in [-0.25, -0.2) is 9.97 Å². The van der Waals surface area contributed by atoms with E-state index in [1.54, 1.807) is 7.11 Å². The Kier molecular flexibility index (Phi) is 7.01. The molecule has 0 unspecified atom stereocenters. The summed E-state index contributed by atoms with van der Waals surface area (Å²) in [4.78, 5) is 21.7. The molecule has 0 atom stereocenters. The number of aromatic nitrogens is 2. The Labute approximate surface area is 169 Å². The smallest absolute Gasteiger partial charge is 0.230 e. The van der Waals surface area contributed by atoms with Crippen molar-refractivity contribution >= 4 is 28.6 Å². The average Bonchev–Trinajstić information content (AvgIpc) is 2.71. The highest BCUT2D eigenvalue weighted by atomic mass is 32.2. The Morgan fingerprint density at radius 1 is 1.18 bits per heavy atom. The summed E-state index contributed by atoms with van der Waals surface area (Å²) in [5, 5.41) is 4.67. The van der Waals surface area contributed by atoms with Crippen LogP contribution in [-0.2, 0) is 16.0 Å². The van der Waals surface area contributed by atoms with Gasteiger partial charge in [-0.05, 0) is 37.1 Å². The molecule has 0 spiro atoms. The number of amides is 1. The number of thioether (sulfide) groups is 1. The summed E-state index contributed by atoms with van der Waals surface area (Å²) in [5.74, 6) is 0.958. The van der Waals surface area contributed by atoms with Crippen molar-refractivity contribution in [2.45, 2.75) is 25.3 Å². The molecule has 146 valence electrons. The molecule has 28 heavy (non-hydrogen) atoms. The first-order valence-corrected chi connectivity index (χ1v) is 10.4. The van der Waals surface area contributed by atoms with Gasteiger partial charge in [0.05, 0.1) is 17.9 Å². The van der Waals surface area contributed by atoms with Crippen LogP contribution in [0, 0.1) is 6.92 Å². The molecule has 6 heteroatoms. The molecule has 0 bridgehead atoms. The van der Waals surface area contributed by atoms with E-state index >= 15 is 0 Å². The van der Waals surface area contributed by atoms with Gasteiger partial charge < -0.3 is 10.1 Å². The van der Waals surface area contributed by atoms with Gasteiger partial charge in [0, 0.05) is 24.6 Å². The minimum absolute atomic E-state index is 0.0300. The van der Waals surface area contributed by atoms with Gasteiger partial charge in [0.25, 0.3) is 0 Å². The first kappa shape index (κ1) is 20.3. The van der Waals surface area contributed by atoms with E-state index < -0.39 is 0 Å². The monoisotopic (exact) mass is 395 g/mol. The van der Waals surface area contributed by atoms with Gasteiger partial charge in [0.15, 0.2) is 5.82 Å². The third-order valence-electron chi connectivity index (χ3n) is 4.38. The quantitative estimate of drug-likeness (QED) is 0.354. The van der Waals surface area contributed by atoms with E-state index in [1.807, 2.05) is 18.2 Å². The minimum Gasteiger partial charge on any atom is -0.383 e. The number of nitrogens with one attached hydrogen (secondary N) is 1. The van der Waals surface area contributed by atoms with Crippen molar-refractivity contribution < 1.29 is 9.53 Å². The molecule has 3 aromatic rings. The van der Waals surface area contributed by atoms with Crippen LogP contribution in [0.25, 0.3) is 22.3 Å². The van der Waals surface area contributed by atoms with Crippen LogP contribution >= 0.6 is 11.8 Å². The lowest BCUT2D eigenvalue weighted by molar-refractivity contribution is -0.118. The molecule has 1 aromatic heterocycles. The normalized spacial score (nSPS) is 11.0. The van der Waals surface area contributed by atoms with Crippen molar-refractivity contribution in [2.24, 2.45) is 0 Å². The van der Waals surface area contributed by atoms with Crippen LogP contribution in [0.3, 0.4) is 0 Å². The lowest BCUT2D eigenvalue weighted by Crippen LogP contribution is -2.28. The van der Waals surface area contributed by atoms with Crippen LogP contribution in [0.1, 0.15) is 18.1 Å². The molecular weight excluding hydrogens is 370 g/mol. The van der Waals surface area contributed by atoms with Gasteiger partial charge >= 0.3 is 0 Å². The largest absolute Gasteiger partial charge is 0.383 e. The summed E-state index contributed by atoms with van der Waals surface area (Å²) < 4.78 is 4.97. The summed E-state index contributed by atoms with van der Waals surface area (Å²) in [6.07, 6.45) is 0.942. The van der Waals surface area contributed by atoms with E-state index in [2.05, 4.69) is 43.4 Å². The molecule has 3 rings (SSSR count). The number of carbonyl (C=O) groups excluding carboxylic acids is 1. The van der Waals surface area contributed by atoms with E-state index in [1.165, 1.54) is 17.3 Å². The Balaban J connectivity index is 1.94. The third kappa shape index (κ3) is 5.09. The molecule has 0 aliphatic rings. The van der Waals surface area contributed by atoms with E-state index in [0.717, 1.165) is 33.5 Å². The maximum absolute atomic E-state index is 12.1. The molecule has 5 nitrogen and oxygen atoms in total. The lowest BCUT2D eigenvalue weighted by atomic mass is 10.1. The van der Waals surface area contributed by atoms with Crippen molar-refractivity contribution in [2.75, 3.05) is 26.0 Å². The molecule has 0 fully saturated rings. The fourth-order valence-corrected chi connectivity index (χ4v) is 3.71. The fraction of sp³-hybridized carbons (Fsp3) is 0.318. The van der Waals surface area contributed by atoms with E-state index in [4.69, 9.17) is 14.7 Å². The van der Waals surface area contributed by atoms with Gasteiger partial charge in [-0.3, -0.25) is 4.79 Å². The number of rotatable bonds is 8. The van der Waals surface area contributed by atoms with Gasteiger partial charge in [-0.15, -0.1) is 0 Å². The van der Waals surface area contributed by atoms with Crippen LogP contribution < -0.4 is 5.32 Å². The highest BCUT2D eigenvalue weighted by molar-refractivity contribution is 8.00. The Bertz CT molecular complexity index is 975. The fourth-order valence-electron chi connectivity index (χ4n) is 2.87. The van der Waals surface area contributed by atoms with E-state index in [9.17, 15) is 4.79 Å². The topological polar surface area (TPSA) is 64.1 Å². The number of hydrogen-bond donors (Lipinski definition) is 1. The summed E-state index contributed by atoms with van der Waals surface area (Å²) in [5.41, 5.74) is 4.26. The minimum atomic E-state index is -0.0300. The average molecular weight is 396 g/mol. The third-order valence-corrected chi connectivity index (χ3v) is 5.37. The van der Waals surface area contributed by atoms with E-state index in [-0.39, 0.29) is 5.91 Å². The zero-order valence-corrected chi connectivity index (χ0v) is 17.3. The Morgan fingerprint density at radius 2 is 2.04 bits per heavy atom. The Hall–Kier alpha value is -2.44. The van der Waals surface area contributed by atoms with Crippen LogP contribution in [-0.4, -0.2) is 41.9 Å². The number of methoxy groups -OCH3 is 1. The molecule has 1 heterocycles. The van der Waals surface area contributed by atoms with Crippen LogP contribution in [0.4, 0.5) is 0 Å². The standard InChI is InChI=1S/C22H25N3O2S/c1-4-16-8-9-19-18(13-16)22(28-14-20(26)23-10-11-27-3)25-21(24-19)17-7-5-6-15(2)12-17/h5-9,12-13H,4,10-11,14H2,1-3H3,(H,23,26). The highest BCUT2D eigenvalue weighted by Crippen LogP contribution is 2.29. The van der Waals surface area contributed by atoms with Crippen LogP contribution in [0.5, 0.6) is 0 Å². The summed E-state index contributed by atoms with van der Waals surface area (Å²) >= 11 is 1.44. The number of fused-ring (bicyclic) bond motifs is 1. The second-order valence-corrected chi connectivity index (χ2v) is 7.52. The highest BCUT2D eigenvalue weighted by Gasteiger charge is 2.12. The van der Waals surface area contributed by atoms with Crippen molar-refractivity contribution in [1.29, 1.82) is 0 Å². The number of carbonyl (C=O) groups is 1.